The molecule has 22 heavy (non-hydrogen) atoms. The lowest BCUT2D eigenvalue weighted by molar-refractivity contribution is -0.209. The zero-order chi connectivity index (χ0) is 16.3. The number of amides is 1. The monoisotopic (exact) mass is 321 g/mol. The fourth-order valence-corrected chi connectivity index (χ4v) is 2.36. The Morgan fingerprint density at radius 2 is 2.14 bits per heavy atom. The van der Waals surface area contributed by atoms with E-state index in [1.54, 1.807) is 0 Å². The zero-order valence-electron chi connectivity index (χ0n) is 12.0. The van der Waals surface area contributed by atoms with Crippen LogP contribution in [0.4, 0.5) is 13.2 Å². The summed E-state index contributed by atoms with van der Waals surface area (Å²) in [5, 5.41) is 15.4. The first-order valence-corrected chi connectivity index (χ1v) is 6.97. The smallest absolute Gasteiger partial charge is 0.382 e. The molecule has 0 bridgehead atoms. The average molecular weight is 321 g/mol. The van der Waals surface area contributed by atoms with Gasteiger partial charge in [-0.1, -0.05) is 0 Å². The first-order valence-electron chi connectivity index (χ1n) is 6.97. The predicted molar refractivity (Wildman–Crippen MR) is 70.3 cm³/mol. The molecule has 0 spiro atoms. The summed E-state index contributed by atoms with van der Waals surface area (Å²) in [7, 11) is 0. The Morgan fingerprint density at radius 1 is 1.50 bits per heavy atom. The van der Waals surface area contributed by atoms with Gasteiger partial charge in [-0.05, 0) is 25.8 Å². The number of hydrogen-bond acceptors (Lipinski definition) is 4. The third-order valence-electron chi connectivity index (χ3n) is 3.61. The molecule has 1 fully saturated rings. The molecule has 1 aliphatic heterocycles. The molecule has 2 rings (SSSR count). The fraction of sp³-hybridized carbons (Fsp3) is 0.692. The quantitative estimate of drug-likeness (QED) is 0.876. The largest absolute Gasteiger partial charge is 0.416 e. The summed E-state index contributed by atoms with van der Waals surface area (Å²) in [5.41, 5.74) is 0.174. The minimum atomic E-state index is -4.78. The Morgan fingerprint density at radius 3 is 2.73 bits per heavy atom. The molecule has 1 amide bonds. The van der Waals surface area contributed by atoms with E-state index in [0.29, 0.717) is 26.1 Å². The van der Waals surface area contributed by atoms with E-state index in [1.165, 1.54) is 16.9 Å². The number of aromatic nitrogens is 2. The van der Waals surface area contributed by atoms with Gasteiger partial charge in [0.2, 0.25) is 0 Å². The van der Waals surface area contributed by atoms with Crippen LogP contribution in [-0.2, 0) is 4.74 Å². The molecule has 1 aliphatic rings. The molecule has 6 nitrogen and oxygen atoms in total. The van der Waals surface area contributed by atoms with Crippen molar-refractivity contribution in [2.24, 2.45) is 0 Å². The number of halogens is 3. The van der Waals surface area contributed by atoms with Gasteiger partial charge in [-0.25, -0.2) is 0 Å². The highest BCUT2D eigenvalue weighted by molar-refractivity contribution is 5.92. The molecule has 124 valence electrons. The van der Waals surface area contributed by atoms with Crippen LogP contribution in [0.3, 0.4) is 0 Å². The van der Waals surface area contributed by atoms with Crippen molar-refractivity contribution in [1.29, 1.82) is 0 Å². The van der Waals surface area contributed by atoms with Gasteiger partial charge in [0.15, 0.2) is 6.10 Å². The first kappa shape index (κ1) is 16.8. The number of alkyl halides is 3. The number of hydrogen-bond donors (Lipinski definition) is 2. The highest BCUT2D eigenvalue weighted by Gasteiger charge is 2.42. The maximum Gasteiger partial charge on any atom is 0.416 e. The normalized spacial score (nSPS) is 19.7. The van der Waals surface area contributed by atoms with Crippen molar-refractivity contribution in [3.63, 3.8) is 0 Å². The van der Waals surface area contributed by atoms with Crippen LogP contribution < -0.4 is 5.32 Å². The molecule has 1 aromatic heterocycles. The molecule has 1 saturated heterocycles. The third-order valence-corrected chi connectivity index (χ3v) is 3.61. The highest BCUT2D eigenvalue weighted by Crippen LogP contribution is 2.24. The molecular weight excluding hydrogens is 303 g/mol. The van der Waals surface area contributed by atoms with Crippen LogP contribution >= 0.6 is 0 Å². The van der Waals surface area contributed by atoms with Gasteiger partial charge in [0.1, 0.15) is 5.69 Å². The standard InChI is InChI=1S/C13H18F3N3O3/c1-8(11(20)13(14,15)16)18-12(21)10-2-5-17-19(10)9-3-6-22-7-4-9/h2,5,8-9,11,20H,3-4,6-7H2,1H3,(H,18,21). The second kappa shape index (κ2) is 6.66. The summed E-state index contributed by atoms with van der Waals surface area (Å²) in [5.74, 6) is -0.695. The number of ether oxygens (including phenoxy) is 1. The second-order valence-corrected chi connectivity index (χ2v) is 5.25. The van der Waals surface area contributed by atoms with Crippen LogP contribution in [0.1, 0.15) is 36.3 Å². The van der Waals surface area contributed by atoms with Crippen LogP contribution in [0.5, 0.6) is 0 Å². The SMILES string of the molecule is CC(NC(=O)c1ccnn1C1CCOCC1)C(O)C(F)(F)F. The van der Waals surface area contributed by atoms with E-state index >= 15 is 0 Å². The zero-order valence-corrected chi connectivity index (χ0v) is 12.0. The maximum absolute atomic E-state index is 12.4. The summed E-state index contributed by atoms with van der Waals surface area (Å²) in [6.45, 7) is 2.20. The second-order valence-electron chi connectivity index (χ2n) is 5.25. The van der Waals surface area contributed by atoms with E-state index in [0.717, 1.165) is 6.92 Å². The van der Waals surface area contributed by atoms with Crippen molar-refractivity contribution in [1.82, 2.24) is 15.1 Å². The molecule has 0 saturated carbocycles. The lowest BCUT2D eigenvalue weighted by Crippen LogP contribution is -2.48. The Labute approximate surface area is 125 Å². The minimum absolute atomic E-state index is 0.0210. The molecular formula is C13H18F3N3O3. The average Bonchev–Trinajstić information content (AvgIpc) is 2.95. The molecule has 0 aliphatic carbocycles. The number of aliphatic hydroxyl groups excluding tert-OH is 1. The maximum atomic E-state index is 12.4. The minimum Gasteiger partial charge on any atom is -0.382 e. The Bertz CT molecular complexity index is 512. The van der Waals surface area contributed by atoms with E-state index < -0.39 is 24.2 Å². The van der Waals surface area contributed by atoms with Gasteiger partial charge in [-0.15, -0.1) is 0 Å². The summed E-state index contributed by atoms with van der Waals surface area (Å²) >= 11 is 0. The summed E-state index contributed by atoms with van der Waals surface area (Å²) in [6, 6.07) is -0.0322. The van der Waals surface area contributed by atoms with Crippen LogP contribution in [0.2, 0.25) is 0 Å². The topological polar surface area (TPSA) is 76.4 Å². The van der Waals surface area contributed by atoms with Gasteiger partial charge in [-0.3, -0.25) is 9.48 Å². The molecule has 2 heterocycles. The Balaban J connectivity index is 2.06. The van der Waals surface area contributed by atoms with E-state index in [1.807, 2.05) is 0 Å². The molecule has 0 radical (unpaired) electrons. The van der Waals surface area contributed by atoms with Crippen molar-refractivity contribution < 1.29 is 27.8 Å². The van der Waals surface area contributed by atoms with E-state index in [4.69, 9.17) is 9.84 Å². The summed E-state index contributed by atoms with van der Waals surface area (Å²) in [6.07, 6.45) is -4.61. The molecule has 9 heteroatoms. The van der Waals surface area contributed by atoms with Crippen molar-refractivity contribution in [2.45, 2.75) is 44.1 Å². The lowest BCUT2D eigenvalue weighted by atomic mass is 10.1. The van der Waals surface area contributed by atoms with Crippen molar-refractivity contribution in [3.05, 3.63) is 18.0 Å². The number of nitrogens with one attached hydrogen (secondary N) is 1. The molecule has 0 aromatic carbocycles. The molecule has 2 unspecified atom stereocenters. The van der Waals surface area contributed by atoms with Gasteiger partial charge < -0.3 is 15.2 Å². The summed E-state index contributed by atoms with van der Waals surface area (Å²) in [4.78, 5) is 12.1. The van der Waals surface area contributed by atoms with E-state index in [2.05, 4.69) is 10.4 Å². The molecule has 1 aromatic rings. The van der Waals surface area contributed by atoms with Crippen molar-refractivity contribution in [2.75, 3.05) is 13.2 Å². The number of aliphatic hydroxyl groups is 1. The molecule has 2 N–H and O–H groups in total. The number of carbonyl (C=O) groups is 1. The van der Waals surface area contributed by atoms with Crippen LogP contribution in [0.25, 0.3) is 0 Å². The Hall–Kier alpha value is -1.61. The van der Waals surface area contributed by atoms with Gasteiger partial charge in [-0.2, -0.15) is 18.3 Å². The van der Waals surface area contributed by atoms with Crippen LogP contribution in [-0.4, -0.2) is 52.3 Å². The Kier molecular flexibility index (Phi) is 5.07. The summed E-state index contributed by atoms with van der Waals surface area (Å²) < 4.78 is 44.0. The lowest BCUT2D eigenvalue weighted by Gasteiger charge is -2.25. The number of carbonyl (C=O) groups excluding carboxylic acids is 1. The third kappa shape index (κ3) is 3.77. The van der Waals surface area contributed by atoms with Gasteiger partial charge in [0.05, 0.1) is 12.1 Å². The molecule has 2 atom stereocenters. The first-order chi connectivity index (χ1) is 10.3. The van der Waals surface area contributed by atoms with E-state index in [-0.39, 0.29) is 11.7 Å². The van der Waals surface area contributed by atoms with E-state index in [9.17, 15) is 18.0 Å². The van der Waals surface area contributed by atoms with Gasteiger partial charge >= 0.3 is 6.18 Å². The van der Waals surface area contributed by atoms with Crippen LogP contribution in [0.15, 0.2) is 12.3 Å². The fourth-order valence-electron chi connectivity index (χ4n) is 2.36. The highest BCUT2D eigenvalue weighted by atomic mass is 19.4. The van der Waals surface area contributed by atoms with Crippen LogP contribution in [0, 0.1) is 0 Å². The van der Waals surface area contributed by atoms with Gasteiger partial charge in [0, 0.05) is 19.4 Å². The van der Waals surface area contributed by atoms with Crippen molar-refractivity contribution >= 4 is 5.91 Å². The van der Waals surface area contributed by atoms with Crippen molar-refractivity contribution in [3.8, 4) is 0 Å². The number of nitrogens with zero attached hydrogens (tertiary/aromatic N) is 2. The number of rotatable bonds is 4. The predicted octanol–water partition coefficient (Wildman–Crippen LogP) is 1.28. The van der Waals surface area contributed by atoms with Gasteiger partial charge in [0.25, 0.3) is 5.91 Å².